The molecule has 1 aliphatic carbocycles. The van der Waals surface area contributed by atoms with Crippen molar-refractivity contribution in [2.75, 3.05) is 20.8 Å². The minimum atomic E-state index is -0.842. The lowest BCUT2D eigenvalue weighted by molar-refractivity contribution is -0.144. The molecule has 0 radical (unpaired) electrons. The first-order chi connectivity index (χ1) is 13.0. The summed E-state index contributed by atoms with van der Waals surface area (Å²) in [4.78, 5) is 23.9. The summed E-state index contributed by atoms with van der Waals surface area (Å²) in [6, 6.07) is 7.38. The molecule has 2 rings (SSSR count). The summed E-state index contributed by atoms with van der Waals surface area (Å²) < 4.78 is 15.3. The monoisotopic (exact) mass is 372 g/mol. The number of rotatable bonds is 7. The van der Waals surface area contributed by atoms with Crippen LogP contribution in [0, 0.1) is 11.3 Å². The van der Waals surface area contributed by atoms with Crippen LogP contribution in [0.4, 0.5) is 0 Å². The molecule has 0 spiro atoms. The first-order valence-corrected chi connectivity index (χ1v) is 8.81. The van der Waals surface area contributed by atoms with E-state index in [1.54, 1.807) is 25.3 Å². The topological polar surface area (TPSA) is 97.7 Å². The number of nitrogens with zero attached hydrogens (tertiary/aromatic N) is 1. The molecule has 7 nitrogen and oxygen atoms in total. The highest BCUT2D eigenvalue weighted by atomic mass is 16.5. The summed E-state index contributed by atoms with van der Waals surface area (Å²) >= 11 is 0. The fourth-order valence-electron chi connectivity index (χ4n) is 3.04. The quantitative estimate of drug-likeness (QED) is 0.584. The average molecular weight is 372 g/mol. The van der Waals surface area contributed by atoms with E-state index in [1.807, 2.05) is 0 Å². The molecular weight excluding hydrogens is 348 g/mol. The number of esters is 1. The number of hydrogen-bond acceptors (Lipinski definition) is 6. The molecule has 1 N–H and O–H groups in total. The van der Waals surface area contributed by atoms with Gasteiger partial charge in [0.15, 0.2) is 6.61 Å². The van der Waals surface area contributed by atoms with Crippen molar-refractivity contribution in [1.29, 1.82) is 5.26 Å². The molecule has 1 aromatic rings. The second-order valence-electron chi connectivity index (χ2n) is 6.35. The van der Waals surface area contributed by atoms with Crippen molar-refractivity contribution in [2.45, 2.75) is 37.6 Å². The molecule has 0 aromatic heterocycles. The Kier molecular flexibility index (Phi) is 7.24. The van der Waals surface area contributed by atoms with E-state index in [9.17, 15) is 14.9 Å². The molecule has 0 unspecified atom stereocenters. The van der Waals surface area contributed by atoms with Crippen LogP contribution >= 0.6 is 0 Å². The molecule has 1 aromatic carbocycles. The minimum absolute atomic E-state index is 0.429. The van der Waals surface area contributed by atoms with Crippen LogP contribution in [0.3, 0.4) is 0 Å². The zero-order chi connectivity index (χ0) is 19.7. The summed E-state index contributed by atoms with van der Waals surface area (Å²) in [5, 5.41) is 12.1. The largest absolute Gasteiger partial charge is 0.497 e. The van der Waals surface area contributed by atoms with Gasteiger partial charge >= 0.3 is 5.97 Å². The lowest BCUT2D eigenvalue weighted by atomic mass is 9.83. The number of hydrogen-bond donors (Lipinski definition) is 1. The van der Waals surface area contributed by atoms with Gasteiger partial charge in [-0.3, -0.25) is 4.79 Å². The third-order valence-electron chi connectivity index (χ3n) is 4.48. The first-order valence-electron chi connectivity index (χ1n) is 8.81. The van der Waals surface area contributed by atoms with Crippen LogP contribution in [0.25, 0.3) is 6.08 Å². The number of nitriles is 1. The van der Waals surface area contributed by atoms with E-state index in [0.29, 0.717) is 29.9 Å². The molecular formula is C20H24N2O5. The summed E-state index contributed by atoms with van der Waals surface area (Å²) in [5.41, 5.74) is -0.199. The zero-order valence-electron chi connectivity index (χ0n) is 15.6. The van der Waals surface area contributed by atoms with Crippen LogP contribution in [0.5, 0.6) is 11.5 Å². The van der Waals surface area contributed by atoms with Gasteiger partial charge in [-0.2, -0.15) is 5.26 Å². The molecule has 0 bridgehead atoms. The van der Waals surface area contributed by atoms with E-state index in [-0.39, 0.29) is 0 Å². The van der Waals surface area contributed by atoms with Gasteiger partial charge in [-0.15, -0.1) is 0 Å². The Morgan fingerprint density at radius 3 is 2.59 bits per heavy atom. The third-order valence-corrected chi connectivity index (χ3v) is 4.48. The van der Waals surface area contributed by atoms with Crippen LogP contribution < -0.4 is 14.8 Å². The van der Waals surface area contributed by atoms with Gasteiger partial charge in [0.2, 0.25) is 0 Å². The van der Waals surface area contributed by atoms with E-state index >= 15 is 0 Å². The lowest BCUT2D eigenvalue weighted by Crippen LogP contribution is -2.49. The van der Waals surface area contributed by atoms with E-state index < -0.39 is 24.0 Å². The predicted octanol–water partition coefficient (Wildman–Crippen LogP) is 2.60. The first kappa shape index (κ1) is 20.3. The lowest BCUT2D eigenvalue weighted by Gasteiger charge is -2.31. The van der Waals surface area contributed by atoms with Crippen LogP contribution in [0.15, 0.2) is 24.3 Å². The van der Waals surface area contributed by atoms with Crippen molar-refractivity contribution in [3.63, 3.8) is 0 Å². The summed E-state index contributed by atoms with van der Waals surface area (Å²) in [7, 11) is 3.07. The Morgan fingerprint density at radius 2 is 1.96 bits per heavy atom. The summed E-state index contributed by atoms with van der Waals surface area (Å²) in [6.07, 6.45) is 6.85. The molecule has 0 aliphatic heterocycles. The fraction of sp³-hybridized carbons (Fsp3) is 0.450. The highest BCUT2D eigenvalue weighted by Gasteiger charge is 2.33. The Bertz CT molecular complexity index is 745. The fourth-order valence-corrected chi connectivity index (χ4v) is 3.04. The van der Waals surface area contributed by atoms with Crippen molar-refractivity contribution in [3.8, 4) is 17.6 Å². The smallest absolute Gasteiger partial charge is 0.331 e. The maximum Gasteiger partial charge on any atom is 0.331 e. The van der Waals surface area contributed by atoms with Crippen molar-refractivity contribution < 1.29 is 23.8 Å². The maximum absolute atomic E-state index is 12.0. The predicted molar refractivity (Wildman–Crippen MR) is 99.1 cm³/mol. The second kappa shape index (κ2) is 9.62. The number of amides is 1. The Labute approximate surface area is 158 Å². The van der Waals surface area contributed by atoms with Gasteiger partial charge in [0.1, 0.15) is 17.0 Å². The molecule has 1 fully saturated rings. The van der Waals surface area contributed by atoms with Crippen molar-refractivity contribution >= 4 is 18.0 Å². The van der Waals surface area contributed by atoms with Gasteiger partial charge in [-0.25, -0.2) is 4.79 Å². The zero-order valence-corrected chi connectivity index (χ0v) is 15.6. The molecule has 144 valence electrons. The van der Waals surface area contributed by atoms with Gasteiger partial charge in [0.05, 0.1) is 20.3 Å². The highest BCUT2D eigenvalue weighted by Crippen LogP contribution is 2.27. The number of ether oxygens (including phenoxy) is 3. The second-order valence-corrected chi connectivity index (χ2v) is 6.35. The number of carbonyl (C=O) groups is 2. The van der Waals surface area contributed by atoms with Crippen molar-refractivity contribution in [3.05, 3.63) is 29.8 Å². The SMILES string of the molecule is COc1ccc(OC)c(/C=C/C(=O)OCC(=O)NC2(C#N)CCCCC2)c1. The normalized spacial score (nSPS) is 15.6. The van der Waals surface area contributed by atoms with Gasteiger partial charge < -0.3 is 19.5 Å². The van der Waals surface area contributed by atoms with E-state index in [2.05, 4.69) is 11.4 Å². The number of methoxy groups -OCH3 is 2. The van der Waals surface area contributed by atoms with E-state index in [0.717, 1.165) is 19.3 Å². The summed E-state index contributed by atoms with van der Waals surface area (Å²) in [6.45, 7) is -0.429. The van der Waals surface area contributed by atoms with Crippen LogP contribution in [0.2, 0.25) is 0 Å². The Balaban J connectivity index is 1.89. The molecule has 0 heterocycles. The average Bonchev–Trinajstić information content (AvgIpc) is 2.71. The van der Waals surface area contributed by atoms with Crippen LogP contribution in [-0.2, 0) is 14.3 Å². The van der Waals surface area contributed by atoms with Gasteiger partial charge in [0, 0.05) is 11.6 Å². The minimum Gasteiger partial charge on any atom is -0.497 e. The Morgan fingerprint density at radius 1 is 1.22 bits per heavy atom. The van der Waals surface area contributed by atoms with Crippen molar-refractivity contribution in [1.82, 2.24) is 5.32 Å². The molecule has 27 heavy (non-hydrogen) atoms. The van der Waals surface area contributed by atoms with Gasteiger partial charge in [0.25, 0.3) is 5.91 Å². The standard InChI is InChI=1S/C20H24N2O5/c1-25-16-7-8-17(26-2)15(12-16)6-9-19(24)27-13-18(23)22-20(14-21)10-4-3-5-11-20/h6-9,12H,3-5,10-11,13H2,1-2H3,(H,22,23)/b9-6+. The van der Waals surface area contributed by atoms with Crippen LogP contribution in [-0.4, -0.2) is 38.2 Å². The molecule has 1 amide bonds. The van der Waals surface area contributed by atoms with Gasteiger partial charge in [-0.1, -0.05) is 19.3 Å². The van der Waals surface area contributed by atoms with Crippen molar-refractivity contribution in [2.24, 2.45) is 0 Å². The molecule has 0 saturated heterocycles. The molecule has 1 aliphatic rings. The molecule has 0 atom stereocenters. The maximum atomic E-state index is 12.0. The third kappa shape index (κ3) is 5.74. The highest BCUT2D eigenvalue weighted by molar-refractivity contribution is 5.90. The van der Waals surface area contributed by atoms with E-state index in [1.165, 1.54) is 19.3 Å². The Hall–Kier alpha value is -3.01. The number of benzene rings is 1. The summed E-state index contributed by atoms with van der Waals surface area (Å²) in [5.74, 6) is 0.0622. The van der Waals surface area contributed by atoms with Gasteiger partial charge in [-0.05, 0) is 37.1 Å². The van der Waals surface area contributed by atoms with E-state index in [4.69, 9.17) is 14.2 Å². The molecule has 7 heteroatoms. The number of carbonyl (C=O) groups excluding carboxylic acids is 2. The number of nitrogens with one attached hydrogen (secondary N) is 1. The van der Waals surface area contributed by atoms with Crippen LogP contribution in [0.1, 0.15) is 37.7 Å². The molecule has 1 saturated carbocycles.